The largest absolute Gasteiger partial charge is 0.478 e. The molecule has 0 radical (unpaired) electrons. The number of benzene rings is 3. The number of rotatable bonds is 6. The molecule has 0 fully saturated rings. The number of alkyl halides is 3. The lowest BCUT2D eigenvalue weighted by Crippen LogP contribution is -2.53. The molecule has 2 amide bonds. The predicted octanol–water partition coefficient (Wildman–Crippen LogP) is 4.79. The van der Waals surface area contributed by atoms with E-state index in [9.17, 15) is 32.7 Å². The highest BCUT2D eigenvalue weighted by atomic mass is 19.4. The van der Waals surface area contributed by atoms with Gasteiger partial charge in [-0.2, -0.15) is 13.2 Å². The minimum Gasteiger partial charge on any atom is -0.478 e. The Morgan fingerprint density at radius 2 is 1.43 bits per heavy atom. The van der Waals surface area contributed by atoms with Gasteiger partial charge in [0.05, 0.1) is 11.3 Å². The number of halogens is 3. The third-order valence-corrected chi connectivity index (χ3v) is 5.61. The molecule has 0 saturated heterocycles. The zero-order valence-corrected chi connectivity index (χ0v) is 18.0. The second-order valence-electron chi connectivity index (χ2n) is 7.78. The first-order chi connectivity index (χ1) is 16.7. The molecule has 4 rings (SSSR count). The van der Waals surface area contributed by atoms with Gasteiger partial charge in [-0.15, -0.1) is 0 Å². The van der Waals surface area contributed by atoms with Crippen molar-refractivity contribution in [1.29, 1.82) is 0 Å². The number of ether oxygens (including phenoxy) is 1. The summed E-state index contributed by atoms with van der Waals surface area (Å²) >= 11 is 0. The summed E-state index contributed by atoms with van der Waals surface area (Å²) in [6.45, 7) is -0.242. The number of amides is 2. The maximum Gasteiger partial charge on any atom is 0.417 e. The van der Waals surface area contributed by atoms with E-state index in [0.717, 1.165) is 34.4 Å². The fourth-order valence-corrected chi connectivity index (χ4v) is 4.04. The van der Waals surface area contributed by atoms with Crippen molar-refractivity contribution in [3.05, 3.63) is 89.5 Å². The van der Waals surface area contributed by atoms with E-state index in [2.05, 4.69) is 0 Å². The van der Waals surface area contributed by atoms with Crippen molar-refractivity contribution in [2.45, 2.75) is 18.1 Å². The highest BCUT2D eigenvalue weighted by Gasteiger charge is 2.46. The van der Waals surface area contributed by atoms with Crippen molar-refractivity contribution in [2.75, 3.05) is 11.9 Å². The zero-order chi connectivity index (χ0) is 25.2. The lowest BCUT2D eigenvalue weighted by Gasteiger charge is -2.22. The van der Waals surface area contributed by atoms with Gasteiger partial charge in [0.15, 0.2) is 0 Å². The molecule has 0 spiro atoms. The van der Waals surface area contributed by atoms with Crippen molar-refractivity contribution < 1.29 is 37.4 Å². The standard InChI is InChI=1S/C25H19F3N2O5/c26-25(27,28)21(22(31)29-20-12-6-5-11-18(20)23(32)33)30-24(34)35-13-19-16-9-3-1-7-14(16)15-8-2-4-10-17(15)19/h1-12,19,21H,13H2,(H,29,31)(H,30,34)(H,32,33). The summed E-state index contributed by atoms with van der Waals surface area (Å²) in [5.41, 5.74) is 2.90. The molecule has 0 aliphatic heterocycles. The van der Waals surface area contributed by atoms with Gasteiger partial charge in [-0.05, 0) is 34.4 Å². The van der Waals surface area contributed by atoms with E-state index in [-0.39, 0.29) is 18.2 Å². The fraction of sp³-hybridized carbons (Fsp3) is 0.160. The third kappa shape index (κ3) is 4.96. The van der Waals surface area contributed by atoms with Gasteiger partial charge in [-0.25, -0.2) is 9.59 Å². The molecule has 10 heteroatoms. The van der Waals surface area contributed by atoms with Crippen molar-refractivity contribution in [1.82, 2.24) is 5.32 Å². The van der Waals surface area contributed by atoms with E-state index in [0.29, 0.717) is 0 Å². The van der Waals surface area contributed by atoms with Crippen LogP contribution in [0.1, 0.15) is 27.4 Å². The van der Waals surface area contributed by atoms with E-state index in [1.54, 1.807) is 5.32 Å². The van der Waals surface area contributed by atoms with Gasteiger partial charge in [-0.1, -0.05) is 60.7 Å². The van der Waals surface area contributed by atoms with Crippen molar-refractivity contribution >= 4 is 23.7 Å². The first-order valence-corrected chi connectivity index (χ1v) is 10.5. The summed E-state index contributed by atoms with van der Waals surface area (Å²) in [4.78, 5) is 35.9. The van der Waals surface area contributed by atoms with E-state index in [4.69, 9.17) is 4.74 Å². The van der Waals surface area contributed by atoms with Crippen LogP contribution < -0.4 is 10.6 Å². The summed E-state index contributed by atoms with van der Waals surface area (Å²) in [7, 11) is 0. The Bertz CT molecular complexity index is 1250. The highest BCUT2D eigenvalue weighted by molar-refractivity contribution is 6.03. The smallest absolute Gasteiger partial charge is 0.417 e. The zero-order valence-electron chi connectivity index (χ0n) is 18.0. The summed E-state index contributed by atoms with van der Waals surface area (Å²) < 4.78 is 45.8. The summed E-state index contributed by atoms with van der Waals surface area (Å²) in [5.74, 6) is -3.47. The molecule has 3 aromatic carbocycles. The Labute approximate surface area is 197 Å². The second kappa shape index (κ2) is 9.49. The highest BCUT2D eigenvalue weighted by Crippen LogP contribution is 2.44. The molecule has 1 aliphatic rings. The number of carboxylic acid groups (broad SMARTS) is 1. The number of carbonyl (C=O) groups excluding carboxylic acids is 2. The fourth-order valence-electron chi connectivity index (χ4n) is 4.04. The number of anilines is 1. The monoisotopic (exact) mass is 484 g/mol. The normalized spacial score (nSPS) is 13.3. The minimum absolute atomic E-state index is 0.242. The molecule has 7 nitrogen and oxygen atoms in total. The Morgan fingerprint density at radius 1 is 0.886 bits per heavy atom. The number of fused-ring (bicyclic) bond motifs is 3. The Balaban J connectivity index is 1.47. The van der Waals surface area contributed by atoms with Gasteiger partial charge in [-0.3, -0.25) is 4.79 Å². The number of alkyl carbamates (subject to hydrolysis) is 1. The van der Waals surface area contributed by atoms with E-state index in [1.807, 2.05) is 53.8 Å². The average molecular weight is 484 g/mol. The quantitative estimate of drug-likeness (QED) is 0.467. The average Bonchev–Trinajstić information content (AvgIpc) is 3.14. The van der Waals surface area contributed by atoms with Crippen molar-refractivity contribution in [3.8, 4) is 11.1 Å². The second-order valence-corrected chi connectivity index (χ2v) is 7.78. The van der Waals surface area contributed by atoms with Crippen LogP contribution in [0.2, 0.25) is 0 Å². The van der Waals surface area contributed by atoms with Gasteiger partial charge in [0, 0.05) is 5.92 Å². The summed E-state index contributed by atoms with van der Waals surface area (Å²) in [5, 5.41) is 12.6. The van der Waals surface area contributed by atoms with Crippen molar-refractivity contribution in [3.63, 3.8) is 0 Å². The molecule has 0 saturated carbocycles. The van der Waals surface area contributed by atoms with Crippen LogP contribution in [0.15, 0.2) is 72.8 Å². The van der Waals surface area contributed by atoms with Gasteiger partial charge in [0.1, 0.15) is 6.61 Å². The minimum atomic E-state index is -5.16. The van der Waals surface area contributed by atoms with Crippen LogP contribution in [0.3, 0.4) is 0 Å². The molecule has 0 aromatic heterocycles. The lowest BCUT2D eigenvalue weighted by molar-refractivity contribution is -0.164. The number of nitrogens with one attached hydrogen (secondary N) is 2. The maximum atomic E-state index is 13.6. The number of aromatic carboxylic acids is 1. The molecular formula is C25H19F3N2O5. The van der Waals surface area contributed by atoms with Crippen LogP contribution in [-0.4, -0.2) is 41.9 Å². The molecule has 3 aromatic rings. The van der Waals surface area contributed by atoms with Crippen LogP contribution >= 0.6 is 0 Å². The van der Waals surface area contributed by atoms with Crippen LogP contribution in [0.5, 0.6) is 0 Å². The molecular weight excluding hydrogens is 465 g/mol. The first-order valence-electron chi connectivity index (χ1n) is 10.5. The van der Waals surface area contributed by atoms with E-state index >= 15 is 0 Å². The SMILES string of the molecule is O=C(NC(C(=O)Nc1ccccc1C(=O)O)C(F)(F)F)OCC1c2ccccc2-c2ccccc21. The van der Waals surface area contributed by atoms with E-state index in [1.165, 1.54) is 12.1 Å². The number of para-hydroxylation sites is 1. The van der Waals surface area contributed by atoms with Crippen LogP contribution in [0.25, 0.3) is 11.1 Å². The number of hydrogen-bond acceptors (Lipinski definition) is 4. The number of carbonyl (C=O) groups is 3. The van der Waals surface area contributed by atoms with Gasteiger partial charge >= 0.3 is 18.2 Å². The van der Waals surface area contributed by atoms with Crippen molar-refractivity contribution in [2.24, 2.45) is 0 Å². The Kier molecular flexibility index (Phi) is 6.46. The van der Waals surface area contributed by atoms with E-state index < -0.39 is 35.8 Å². The number of hydrogen-bond donors (Lipinski definition) is 3. The van der Waals surface area contributed by atoms with Crippen LogP contribution in [0, 0.1) is 0 Å². The van der Waals surface area contributed by atoms with Gasteiger partial charge < -0.3 is 20.5 Å². The molecule has 35 heavy (non-hydrogen) atoms. The molecule has 1 aliphatic carbocycles. The van der Waals surface area contributed by atoms with Crippen LogP contribution in [-0.2, 0) is 9.53 Å². The van der Waals surface area contributed by atoms with Gasteiger partial charge in [0.2, 0.25) is 6.04 Å². The molecule has 180 valence electrons. The first kappa shape index (κ1) is 23.8. The molecule has 1 unspecified atom stereocenters. The third-order valence-electron chi connectivity index (χ3n) is 5.61. The predicted molar refractivity (Wildman–Crippen MR) is 120 cm³/mol. The molecule has 3 N–H and O–H groups in total. The van der Waals surface area contributed by atoms with Gasteiger partial charge in [0.25, 0.3) is 5.91 Å². The summed E-state index contributed by atoms with van der Waals surface area (Å²) in [6, 6.07) is 16.9. The lowest BCUT2D eigenvalue weighted by atomic mass is 9.98. The molecule has 1 atom stereocenters. The Morgan fingerprint density at radius 3 is 2.00 bits per heavy atom. The molecule has 0 bridgehead atoms. The van der Waals surface area contributed by atoms with Crippen LogP contribution in [0.4, 0.5) is 23.7 Å². The molecule has 0 heterocycles. The Hall–Kier alpha value is -4.34. The maximum absolute atomic E-state index is 13.6. The topological polar surface area (TPSA) is 105 Å². The summed E-state index contributed by atoms with van der Waals surface area (Å²) in [6.07, 6.45) is -6.59. The number of carboxylic acids is 1.